The number of nitro benzene ring substituents is 1. The Bertz CT molecular complexity index is 1260. The first kappa shape index (κ1) is 20.8. The molecule has 1 amide bonds. The molecule has 1 aliphatic rings. The molecule has 1 fully saturated rings. The number of nitro groups is 1. The number of benzene rings is 2. The van der Waals surface area contributed by atoms with Crippen molar-refractivity contribution in [1.29, 1.82) is 0 Å². The molecule has 0 bridgehead atoms. The molecule has 0 atom stereocenters. The van der Waals surface area contributed by atoms with Crippen molar-refractivity contribution in [3.05, 3.63) is 80.3 Å². The number of carbonyl (C=O) groups is 1. The highest BCUT2D eigenvalue weighted by Gasteiger charge is 2.34. The van der Waals surface area contributed by atoms with Gasteiger partial charge in [-0.1, -0.05) is 41.9 Å². The summed E-state index contributed by atoms with van der Waals surface area (Å²) >= 11 is 13.1. The van der Waals surface area contributed by atoms with Gasteiger partial charge in [-0.2, -0.15) is 10.1 Å². The Morgan fingerprint density at radius 3 is 2.77 bits per heavy atom. The van der Waals surface area contributed by atoms with Crippen molar-refractivity contribution in [3.63, 3.8) is 0 Å². The van der Waals surface area contributed by atoms with Gasteiger partial charge in [0.25, 0.3) is 5.69 Å². The molecule has 2 heterocycles. The average Bonchev–Trinajstić information content (AvgIpc) is 3.34. The molecular weight excluding hydrogens is 463 g/mol. The summed E-state index contributed by atoms with van der Waals surface area (Å²) in [6.07, 6.45) is 0. The normalized spacial score (nSPS) is 14.8. The van der Waals surface area contributed by atoms with Crippen LogP contribution in [-0.4, -0.2) is 21.5 Å². The van der Waals surface area contributed by atoms with Gasteiger partial charge in [-0.25, -0.2) is 4.98 Å². The van der Waals surface area contributed by atoms with E-state index in [1.54, 1.807) is 35.7 Å². The van der Waals surface area contributed by atoms with Gasteiger partial charge in [0.1, 0.15) is 0 Å². The summed E-state index contributed by atoms with van der Waals surface area (Å²) in [5.74, 6) is -0.461. The van der Waals surface area contributed by atoms with E-state index in [2.05, 4.69) is 27.5 Å². The molecular formula is C19H12Cl2N6O3S. The van der Waals surface area contributed by atoms with E-state index < -0.39 is 10.8 Å². The number of hydrogen-bond acceptors (Lipinski definition) is 8. The summed E-state index contributed by atoms with van der Waals surface area (Å²) in [7, 11) is 0. The van der Waals surface area contributed by atoms with Crippen molar-refractivity contribution in [3.8, 4) is 11.3 Å². The summed E-state index contributed by atoms with van der Waals surface area (Å²) in [5.41, 5.74) is 7.50. The van der Waals surface area contributed by atoms with E-state index in [1.165, 1.54) is 28.5 Å². The largest absolute Gasteiger partial charge is 0.301 e. The highest BCUT2D eigenvalue weighted by atomic mass is 35.5. The van der Waals surface area contributed by atoms with E-state index >= 15 is 0 Å². The van der Waals surface area contributed by atoms with E-state index in [1.807, 2.05) is 0 Å². The predicted octanol–water partition coefficient (Wildman–Crippen LogP) is 4.86. The maximum atomic E-state index is 12.8. The monoisotopic (exact) mass is 474 g/mol. The zero-order chi connectivity index (χ0) is 22.1. The molecule has 0 spiro atoms. The lowest BCUT2D eigenvalue weighted by Gasteiger charge is -2.10. The van der Waals surface area contributed by atoms with E-state index in [9.17, 15) is 14.9 Å². The molecule has 12 heteroatoms. The number of nitrogens with zero attached hydrogens (tertiary/aromatic N) is 4. The van der Waals surface area contributed by atoms with Crippen LogP contribution in [0.25, 0.3) is 11.3 Å². The Hall–Kier alpha value is -3.47. The first-order valence-electron chi connectivity index (χ1n) is 8.63. The van der Waals surface area contributed by atoms with Gasteiger partial charge in [-0.15, -0.1) is 11.3 Å². The van der Waals surface area contributed by atoms with E-state index in [0.29, 0.717) is 32.1 Å². The van der Waals surface area contributed by atoms with Crippen LogP contribution in [0.5, 0.6) is 0 Å². The molecule has 0 saturated carbocycles. The first-order valence-corrected chi connectivity index (χ1v) is 10.3. The van der Waals surface area contributed by atoms with E-state index in [-0.39, 0.29) is 17.1 Å². The second-order valence-corrected chi connectivity index (χ2v) is 7.91. The molecule has 1 saturated heterocycles. The number of non-ortho nitro benzene ring substituents is 1. The quantitative estimate of drug-likeness (QED) is 0.403. The fourth-order valence-electron chi connectivity index (χ4n) is 2.69. The number of thiazole rings is 1. The minimum Gasteiger partial charge on any atom is -0.287 e. The van der Waals surface area contributed by atoms with Crippen molar-refractivity contribution in [2.45, 2.75) is 0 Å². The third kappa shape index (κ3) is 4.22. The lowest BCUT2D eigenvalue weighted by Crippen LogP contribution is -2.34. The molecule has 156 valence electrons. The smallest absolute Gasteiger partial charge is 0.287 e. The van der Waals surface area contributed by atoms with Gasteiger partial charge in [-0.05, 0) is 18.2 Å². The Balaban J connectivity index is 1.54. The second kappa shape index (κ2) is 8.34. The van der Waals surface area contributed by atoms with Crippen LogP contribution < -0.4 is 15.9 Å². The molecule has 1 aliphatic heterocycles. The summed E-state index contributed by atoms with van der Waals surface area (Å²) in [6.45, 7) is 3.81. The van der Waals surface area contributed by atoms with Crippen LogP contribution in [0, 0.1) is 10.1 Å². The number of hydrazone groups is 1. The number of amides is 1. The van der Waals surface area contributed by atoms with Gasteiger partial charge in [0.2, 0.25) is 5.13 Å². The standard InChI is InChI=1S/C19H12Cl2N6O3S/c1-10-17(24-23-12-5-6-14(20)15(21)8-12)18(28)26(25-10)19-22-16(9-31-19)11-3-2-4-13(7-11)27(29)30/h2-9,23,25H,1H2/b24-17+. The van der Waals surface area contributed by atoms with Crippen LogP contribution in [-0.2, 0) is 4.79 Å². The lowest BCUT2D eigenvalue weighted by molar-refractivity contribution is -0.384. The number of hydrazine groups is 1. The SMILES string of the molecule is C=C1NN(c2nc(-c3cccc([N+](=O)[O-])c3)cs2)C(=O)/C1=N/Nc1ccc(Cl)c(Cl)c1. The molecule has 0 unspecified atom stereocenters. The van der Waals surface area contributed by atoms with Crippen LogP contribution in [0.3, 0.4) is 0 Å². The maximum absolute atomic E-state index is 12.8. The summed E-state index contributed by atoms with van der Waals surface area (Å²) in [6, 6.07) is 10.9. The van der Waals surface area contributed by atoms with Crippen molar-refractivity contribution >= 4 is 62.7 Å². The summed E-state index contributed by atoms with van der Waals surface area (Å²) in [5, 5.41) is 19.1. The minimum absolute atomic E-state index is 0.0430. The number of carbonyl (C=O) groups excluding carboxylic acids is 1. The average molecular weight is 475 g/mol. The summed E-state index contributed by atoms with van der Waals surface area (Å²) in [4.78, 5) is 27.7. The molecule has 9 nitrogen and oxygen atoms in total. The maximum Gasteiger partial charge on any atom is 0.301 e. The topological polar surface area (TPSA) is 113 Å². The summed E-state index contributed by atoms with van der Waals surface area (Å²) < 4.78 is 0. The Morgan fingerprint density at radius 2 is 2.03 bits per heavy atom. The highest BCUT2D eigenvalue weighted by molar-refractivity contribution is 7.14. The van der Waals surface area contributed by atoms with Gasteiger partial charge in [-0.3, -0.25) is 25.8 Å². The van der Waals surface area contributed by atoms with Crippen molar-refractivity contribution in [2.24, 2.45) is 5.10 Å². The Kier molecular flexibility index (Phi) is 5.59. The van der Waals surface area contributed by atoms with E-state index in [4.69, 9.17) is 23.2 Å². The lowest BCUT2D eigenvalue weighted by atomic mass is 10.1. The highest BCUT2D eigenvalue weighted by Crippen LogP contribution is 2.30. The van der Waals surface area contributed by atoms with Crippen LogP contribution >= 0.6 is 34.5 Å². The van der Waals surface area contributed by atoms with Gasteiger partial charge in [0, 0.05) is 23.1 Å². The zero-order valence-corrected chi connectivity index (χ0v) is 17.8. The molecule has 0 radical (unpaired) electrons. The van der Waals surface area contributed by atoms with E-state index in [0.717, 1.165) is 0 Å². The Labute approximate surface area is 189 Å². The van der Waals surface area contributed by atoms with Crippen LogP contribution in [0.2, 0.25) is 10.0 Å². The fraction of sp³-hybridized carbons (Fsp3) is 0. The van der Waals surface area contributed by atoms with Crippen LogP contribution in [0.15, 0.2) is 65.2 Å². The molecule has 31 heavy (non-hydrogen) atoms. The number of halogens is 2. The fourth-order valence-corrected chi connectivity index (χ4v) is 3.78. The molecule has 1 aromatic heterocycles. The zero-order valence-electron chi connectivity index (χ0n) is 15.5. The second-order valence-electron chi connectivity index (χ2n) is 6.25. The molecule has 0 aliphatic carbocycles. The minimum atomic E-state index is -0.476. The molecule has 2 aromatic carbocycles. The first-order chi connectivity index (χ1) is 14.8. The number of hydrogen-bond donors (Lipinski definition) is 2. The predicted molar refractivity (Wildman–Crippen MR) is 121 cm³/mol. The number of anilines is 2. The number of rotatable bonds is 5. The van der Waals surface area contributed by atoms with Crippen LogP contribution in [0.4, 0.5) is 16.5 Å². The van der Waals surface area contributed by atoms with Gasteiger partial charge >= 0.3 is 5.91 Å². The molecule has 3 aromatic rings. The molecule has 2 N–H and O–H groups in total. The number of aromatic nitrogens is 1. The van der Waals surface area contributed by atoms with Crippen molar-refractivity contribution in [2.75, 3.05) is 10.4 Å². The van der Waals surface area contributed by atoms with Crippen molar-refractivity contribution in [1.82, 2.24) is 10.4 Å². The number of nitrogens with one attached hydrogen (secondary N) is 2. The molecule has 4 rings (SSSR count). The third-order valence-corrected chi connectivity index (χ3v) is 5.76. The van der Waals surface area contributed by atoms with Gasteiger partial charge in [0.05, 0.1) is 32.0 Å². The van der Waals surface area contributed by atoms with Crippen molar-refractivity contribution < 1.29 is 9.72 Å². The van der Waals surface area contributed by atoms with Gasteiger partial charge in [0.15, 0.2) is 5.71 Å². The van der Waals surface area contributed by atoms with Gasteiger partial charge < -0.3 is 0 Å². The van der Waals surface area contributed by atoms with Crippen LogP contribution in [0.1, 0.15) is 0 Å². The Morgan fingerprint density at radius 1 is 1.23 bits per heavy atom. The third-order valence-electron chi connectivity index (χ3n) is 4.19.